The number of hydrogen-bond acceptors (Lipinski definition) is 5. The molecule has 1 aliphatic rings. The van der Waals surface area contributed by atoms with Crippen molar-refractivity contribution in [1.29, 1.82) is 0 Å². The number of fused-ring (bicyclic) bond motifs is 1. The van der Waals surface area contributed by atoms with E-state index < -0.39 is 0 Å². The molecule has 1 amide bonds. The van der Waals surface area contributed by atoms with Gasteiger partial charge in [0.2, 0.25) is 0 Å². The molecule has 0 unspecified atom stereocenters. The molecule has 1 N–H and O–H groups in total. The minimum Gasteiger partial charge on any atom is -0.491 e. The third-order valence-electron chi connectivity index (χ3n) is 5.27. The van der Waals surface area contributed by atoms with E-state index in [9.17, 15) is 4.79 Å². The molecule has 8 heteroatoms. The van der Waals surface area contributed by atoms with Gasteiger partial charge in [-0.25, -0.2) is 4.98 Å². The van der Waals surface area contributed by atoms with Gasteiger partial charge in [0.15, 0.2) is 5.69 Å². The van der Waals surface area contributed by atoms with Gasteiger partial charge in [0.05, 0.1) is 17.8 Å². The number of hydrogen-bond donors (Lipinski definition) is 1. The lowest BCUT2D eigenvalue weighted by Gasteiger charge is -2.19. The summed E-state index contributed by atoms with van der Waals surface area (Å²) in [6.45, 7) is 10.1. The number of imidazole rings is 1. The highest BCUT2D eigenvalue weighted by Gasteiger charge is 2.21. The highest BCUT2D eigenvalue weighted by atomic mass is 16.5. The highest BCUT2D eigenvalue weighted by Crippen LogP contribution is 2.30. The Morgan fingerprint density at radius 3 is 2.73 bits per heavy atom. The monoisotopic (exact) mass is 411 g/mol. The molecule has 1 fully saturated rings. The summed E-state index contributed by atoms with van der Waals surface area (Å²) in [6, 6.07) is 3.59. The zero-order valence-electron chi connectivity index (χ0n) is 18.0. The minimum absolute atomic E-state index is 0.189. The Bertz CT molecular complexity index is 1040. The van der Waals surface area contributed by atoms with Crippen LogP contribution in [-0.2, 0) is 10.3 Å². The van der Waals surface area contributed by atoms with Gasteiger partial charge < -0.3 is 19.2 Å². The fraction of sp³-hybridized carbons (Fsp3) is 0.500. The molecule has 3 aromatic rings. The van der Waals surface area contributed by atoms with Crippen LogP contribution in [0.5, 0.6) is 5.75 Å². The van der Waals surface area contributed by atoms with Crippen molar-refractivity contribution >= 4 is 17.2 Å². The van der Waals surface area contributed by atoms with E-state index in [0.29, 0.717) is 29.7 Å². The van der Waals surface area contributed by atoms with Gasteiger partial charge in [0.25, 0.3) is 5.91 Å². The molecule has 3 aromatic heterocycles. The number of aromatic nitrogens is 4. The summed E-state index contributed by atoms with van der Waals surface area (Å²) in [5.74, 6) is 0.717. The molecule has 30 heavy (non-hydrogen) atoms. The lowest BCUT2D eigenvalue weighted by Crippen LogP contribution is -2.23. The number of ether oxygens (including phenoxy) is 2. The number of pyridine rings is 1. The lowest BCUT2D eigenvalue weighted by molar-refractivity contribution is 0.0846. The van der Waals surface area contributed by atoms with Crippen LogP contribution >= 0.6 is 0 Å². The van der Waals surface area contributed by atoms with Gasteiger partial charge in [0, 0.05) is 43.8 Å². The van der Waals surface area contributed by atoms with Crippen LogP contribution in [0.1, 0.15) is 62.6 Å². The Hall–Kier alpha value is -2.87. The van der Waals surface area contributed by atoms with Crippen LogP contribution < -0.4 is 10.1 Å². The SMILES string of the molecule is CCOc1cc2nc(C3CCOCC3)cn2cc1NC(=O)c1ccn(C(C)(C)C)n1. The molecule has 0 atom stereocenters. The number of carbonyl (C=O) groups is 1. The van der Waals surface area contributed by atoms with Gasteiger partial charge in [-0.3, -0.25) is 9.48 Å². The second kappa shape index (κ2) is 8.10. The van der Waals surface area contributed by atoms with Crippen molar-refractivity contribution in [2.75, 3.05) is 25.1 Å². The van der Waals surface area contributed by atoms with Crippen molar-refractivity contribution in [1.82, 2.24) is 19.2 Å². The van der Waals surface area contributed by atoms with E-state index >= 15 is 0 Å². The van der Waals surface area contributed by atoms with E-state index in [1.807, 2.05) is 56.8 Å². The van der Waals surface area contributed by atoms with Crippen molar-refractivity contribution in [2.45, 2.75) is 52.0 Å². The second-order valence-corrected chi connectivity index (χ2v) is 8.57. The molecule has 1 saturated heterocycles. The van der Waals surface area contributed by atoms with Crippen LogP contribution in [0.3, 0.4) is 0 Å². The van der Waals surface area contributed by atoms with E-state index in [-0.39, 0.29) is 11.4 Å². The number of anilines is 1. The fourth-order valence-corrected chi connectivity index (χ4v) is 3.60. The van der Waals surface area contributed by atoms with Crippen LogP contribution in [0.15, 0.2) is 30.7 Å². The normalized spacial score (nSPS) is 15.5. The third kappa shape index (κ3) is 4.18. The van der Waals surface area contributed by atoms with Crippen LogP contribution in [0.2, 0.25) is 0 Å². The van der Waals surface area contributed by atoms with Gasteiger partial charge >= 0.3 is 0 Å². The average molecular weight is 412 g/mol. The molecular weight excluding hydrogens is 382 g/mol. The summed E-state index contributed by atoms with van der Waals surface area (Å²) in [7, 11) is 0. The fourth-order valence-electron chi connectivity index (χ4n) is 3.60. The van der Waals surface area contributed by atoms with Gasteiger partial charge in [-0.15, -0.1) is 0 Å². The van der Waals surface area contributed by atoms with Crippen LogP contribution in [0.4, 0.5) is 5.69 Å². The minimum atomic E-state index is -0.275. The molecule has 0 bridgehead atoms. The molecule has 0 saturated carbocycles. The quantitative estimate of drug-likeness (QED) is 0.690. The zero-order chi connectivity index (χ0) is 21.3. The predicted octanol–water partition coefficient (Wildman–Crippen LogP) is 3.83. The molecular formula is C22H29N5O3. The van der Waals surface area contributed by atoms with Gasteiger partial charge in [-0.1, -0.05) is 0 Å². The van der Waals surface area contributed by atoms with E-state index in [1.54, 1.807) is 10.7 Å². The van der Waals surface area contributed by atoms with Gasteiger partial charge in [-0.05, 0) is 46.6 Å². The van der Waals surface area contributed by atoms with Crippen molar-refractivity contribution < 1.29 is 14.3 Å². The van der Waals surface area contributed by atoms with Crippen molar-refractivity contribution in [2.24, 2.45) is 0 Å². The summed E-state index contributed by atoms with van der Waals surface area (Å²) in [6.07, 6.45) is 7.65. The van der Waals surface area contributed by atoms with Crippen molar-refractivity contribution in [3.8, 4) is 5.75 Å². The maximum Gasteiger partial charge on any atom is 0.276 e. The van der Waals surface area contributed by atoms with E-state index in [0.717, 1.165) is 37.4 Å². The van der Waals surface area contributed by atoms with E-state index in [1.165, 1.54) is 0 Å². The number of rotatable bonds is 5. The van der Waals surface area contributed by atoms with Gasteiger partial charge in [-0.2, -0.15) is 5.10 Å². The van der Waals surface area contributed by atoms with Crippen molar-refractivity contribution in [3.63, 3.8) is 0 Å². The zero-order valence-corrected chi connectivity index (χ0v) is 18.0. The summed E-state index contributed by atoms with van der Waals surface area (Å²) < 4.78 is 15.0. The molecule has 0 spiro atoms. The Balaban J connectivity index is 1.62. The molecule has 4 heterocycles. The Kier molecular flexibility index (Phi) is 5.51. The van der Waals surface area contributed by atoms with Gasteiger partial charge in [0.1, 0.15) is 17.1 Å². The molecule has 0 radical (unpaired) electrons. The maximum atomic E-state index is 12.8. The number of carbonyl (C=O) groups excluding carboxylic acids is 1. The topological polar surface area (TPSA) is 82.7 Å². The first-order valence-electron chi connectivity index (χ1n) is 10.5. The Labute approximate surface area is 176 Å². The average Bonchev–Trinajstić information content (AvgIpc) is 3.36. The summed E-state index contributed by atoms with van der Waals surface area (Å²) in [5, 5.41) is 7.36. The predicted molar refractivity (Wildman–Crippen MR) is 114 cm³/mol. The standard InChI is InChI=1S/C22H29N5O3/c1-5-30-19-12-20-23-17(15-7-10-29-11-8-15)13-26(20)14-18(19)24-21(28)16-6-9-27(25-16)22(2,3)4/h6,9,12-15H,5,7-8,10-11H2,1-4H3,(H,24,28). The van der Waals surface area contributed by atoms with Crippen LogP contribution in [0, 0.1) is 0 Å². The molecule has 160 valence electrons. The second-order valence-electron chi connectivity index (χ2n) is 8.57. The first-order chi connectivity index (χ1) is 14.3. The smallest absolute Gasteiger partial charge is 0.276 e. The third-order valence-corrected chi connectivity index (χ3v) is 5.27. The Morgan fingerprint density at radius 2 is 2.07 bits per heavy atom. The molecule has 0 aromatic carbocycles. The largest absolute Gasteiger partial charge is 0.491 e. The lowest BCUT2D eigenvalue weighted by atomic mass is 9.97. The number of nitrogens with one attached hydrogen (secondary N) is 1. The summed E-state index contributed by atoms with van der Waals surface area (Å²) in [4.78, 5) is 17.6. The number of amides is 1. The highest BCUT2D eigenvalue weighted by molar-refractivity contribution is 6.03. The van der Waals surface area contributed by atoms with Crippen LogP contribution in [0.25, 0.3) is 5.65 Å². The first kappa shape index (κ1) is 20.4. The maximum absolute atomic E-state index is 12.8. The number of nitrogens with zero attached hydrogens (tertiary/aromatic N) is 4. The van der Waals surface area contributed by atoms with E-state index in [4.69, 9.17) is 14.5 Å². The first-order valence-corrected chi connectivity index (χ1v) is 10.5. The van der Waals surface area contributed by atoms with Crippen molar-refractivity contribution in [3.05, 3.63) is 42.1 Å². The Morgan fingerprint density at radius 1 is 1.30 bits per heavy atom. The van der Waals surface area contributed by atoms with Crippen LogP contribution in [-0.4, -0.2) is 44.9 Å². The molecule has 1 aliphatic heterocycles. The molecule has 8 nitrogen and oxygen atoms in total. The van der Waals surface area contributed by atoms with E-state index in [2.05, 4.69) is 10.4 Å². The summed E-state index contributed by atoms with van der Waals surface area (Å²) in [5.41, 5.74) is 2.62. The summed E-state index contributed by atoms with van der Waals surface area (Å²) >= 11 is 0. The molecule has 4 rings (SSSR count). The molecule has 0 aliphatic carbocycles.